The number of hydrogen-bond donors (Lipinski definition) is 2. The van der Waals surface area contributed by atoms with E-state index in [-0.39, 0.29) is 37.1 Å². The molecule has 6 nitrogen and oxygen atoms in total. The lowest BCUT2D eigenvalue weighted by molar-refractivity contribution is 0.129. The van der Waals surface area contributed by atoms with Crippen LogP contribution in [0.1, 0.15) is 24.0 Å². The first-order valence-electron chi connectivity index (χ1n) is 12.3. The molecule has 0 saturated heterocycles. The van der Waals surface area contributed by atoms with Crippen LogP contribution in [0.5, 0.6) is 0 Å². The summed E-state index contributed by atoms with van der Waals surface area (Å²) in [6.45, 7) is 0.426. The molecule has 2 amide bonds. The lowest BCUT2D eigenvalue weighted by Crippen LogP contribution is -2.43. The molecule has 2 N–H and O–H groups in total. The van der Waals surface area contributed by atoms with Gasteiger partial charge < -0.3 is 20.1 Å². The third kappa shape index (κ3) is 7.73. The highest BCUT2D eigenvalue weighted by atomic mass is 16.6. The highest BCUT2D eigenvalue weighted by molar-refractivity contribution is 5.68. The van der Waals surface area contributed by atoms with Crippen LogP contribution in [-0.4, -0.2) is 24.3 Å². The summed E-state index contributed by atoms with van der Waals surface area (Å²) >= 11 is 0. The van der Waals surface area contributed by atoms with Crippen LogP contribution in [-0.2, 0) is 22.7 Å². The molecule has 0 aromatic heterocycles. The molecular weight excluding hydrogens is 452 g/mol. The third-order valence-electron chi connectivity index (χ3n) is 6.31. The van der Waals surface area contributed by atoms with Crippen molar-refractivity contribution in [1.82, 2.24) is 10.6 Å². The fourth-order valence-corrected chi connectivity index (χ4v) is 4.35. The van der Waals surface area contributed by atoms with Crippen molar-refractivity contribution < 1.29 is 19.1 Å². The van der Waals surface area contributed by atoms with Gasteiger partial charge in [-0.15, -0.1) is 0 Å². The fourth-order valence-electron chi connectivity index (χ4n) is 4.35. The normalized spacial score (nSPS) is 16.1. The first-order valence-corrected chi connectivity index (χ1v) is 12.3. The molecule has 0 aliphatic heterocycles. The van der Waals surface area contributed by atoms with Crippen LogP contribution in [0, 0.1) is 11.8 Å². The molecule has 0 saturated carbocycles. The van der Waals surface area contributed by atoms with Gasteiger partial charge in [0, 0.05) is 23.9 Å². The zero-order valence-electron chi connectivity index (χ0n) is 20.2. The number of allylic oxidation sites excluding steroid dienone is 4. The number of nitrogens with one attached hydrogen (secondary N) is 2. The smallest absolute Gasteiger partial charge is 0.407 e. The number of rotatable bonds is 11. The zero-order valence-corrected chi connectivity index (χ0v) is 20.2. The average molecular weight is 485 g/mol. The van der Waals surface area contributed by atoms with Gasteiger partial charge in [-0.2, -0.15) is 0 Å². The molecule has 0 spiro atoms. The van der Waals surface area contributed by atoms with E-state index >= 15 is 0 Å². The Morgan fingerprint density at radius 2 is 0.972 bits per heavy atom. The van der Waals surface area contributed by atoms with Gasteiger partial charge in [0.1, 0.15) is 13.2 Å². The molecular formula is C30H32N2O4. The minimum Gasteiger partial charge on any atom is -0.445 e. The summed E-state index contributed by atoms with van der Waals surface area (Å²) in [6.07, 6.45) is 16.6. The van der Waals surface area contributed by atoms with Crippen molar-refractivity contribution in [3.05, 3.63) is 120 Å². The van der Waals surface area contributed by atoms with Crippen molar-refractivity contribution in [2.45, 2.75) is 38.1 Å². The van der Waals surface area contributed by atoms with Crippen LogP contribution in [0.3, 0.4) is 0 Å². The summed E-state index contributed by atoms with van der Waals surface area (Å²) in [5, 5.41) is 6.06. The molecule has 36 heavy (non-hydrogen) atoms. The van der Waals surface area contributed by atoms with Crippen LogP contribution in [0.4, 0.5) is 9.59 Å². The average Bonchev–Trinajstić information content (AvgIpc) is 3.64. The van der Waals surface area contributed by atoms with Gasteiger partial charge in [0.2, 0.25) is 0 Å². The molecule has 6 heteroatoms. The summed E-state index contributed by atoms with van der Waals surface area (Å²) in [4.78, 5) is 25.2. The molecule has 0 heterocycles. The molecule has 2 aliphatic rings. The first-order chi connectivity index (χ1) is 17.7. The number of carbonyl (C=O) groups is 2. The number of carbonyl (C=O) groups excluding carboxylic acids is 2. The predicted molar refractivity (Wildman–Crippen MR) is 140 cm³/mol. The maximum absolute atomic E-state index is 12.6. The molecule has 2 atom stereocenters. The molecule has 186 valence electrons. The number of hydrogen-bond acceptors (Lipinski definition) is 4. The molecule has 2 aromatic carbocycles. The van der Waals surface area contributed by atoms with Gasteiger partial charge in [-0.25, -0.2) is 9.59 Å². The Labute approximate surface area is 212 Å². The first kappa shape index (κ1) is 25.0. The van der Waals surface area contributed by atoms with Gasteiger partial charge in [0.15, 0.2) is 0 Å². The van der Waals surface area contributed by atoms with Crippen molar-refractivity contribution in [1.29, 1.82) is 0 Å². The second-order valence-corrected chi connectivity index (χ2v) is 8.90. The Hall–Kier alpha value is -4.06. The SMILES string of the molecule is O=C(N[C@@H](CC[C@H](NC(=O)OCc1ccccc1)C1C=CC=C1)C1C=CC=C1)OCc1ccccc1. The topological polar surface area (TPSA) is 76.7 Å². The van der Waals surface area contributed by atoms with E-state index in [4.69, 9.17) is 9.47 Å². The minimum absolute atomic E-state index is 0.0645. The quantitative estimate of drug-likeness (QED) is 0.420. The van der Waals surface area contributed by atoms with E-state index in [1.54, 1.807) is 0 Å². The van der Waals surface area contributed by atoms with E-state index in [1.807, 2.05) is 85.0 Å². The van der Waals surface area contributed by atoms with E-state index in [0.717, 1.165) is 11.1 Å². The van der Waals surface area contributed by atoms with E-state index in [1.165, 1.54) is 0 Å². The monoisotopic (exact) mass is 484 g/mol. The molecule has 2 aliphatic carbocycles. The maximum Gasteiger partial charge on any atom is 0.407 e. The number of amides is 2. The van der Waals surface area contributed by atoms with Crippen molar-refractivity contribution in [3.8, 4) is 0 Å². The number of alkyl carbamates (subject to hydrolysis) is 2. The van der Waals surface area contributed by atoms with Crippen molar-refractivity contribution in [3.63, 3.8) is 0 Å². The van der Waals surface area contributed by atoms with E-state index in [2.05, 4.69) is 34.9 Å². The van der Waals surface area contributed by atoms with Crippen LogP contribution in [0.25, 0.3) is 0 Å². The van der Waals surface area contributed by atoms with Gasteiger partial charge in [-0.3, -0.25) is 0 Å². The molecule has 0 radical (unpaired) electrons. The largest absolute Gasteiger partial charge is 0.445 e. The van der Waals surface area contributed by atoms with Gasteiger partial charge >= 0.3 is 12.2 Å². The van der Waals surface area contributed by atoms with E-state index < -0.39 is 12.2 Å². The predicted octanol–water partition coefficient (Wildman–Crippen LogP) is 5.84. The Morgan fingerprint density at radius 1 is 0.611 bits per heavy atom. The second-order valence-electron chi connectivity index (χ2n) is 8.90. The van der Waals surface area contributed by atoms with Crippen LogP contribution in [0.15, 0.2) is 109 Å². The lowest BCUT2D eigenvalue weighted by atomic mass is 9.90. The Bertz CT molecular complexity index is 995. The van der Waals surface area contributed by atoms with Crippen molar-refractivity contribution in [2.24, 2.45) is 11.8 Å². The number of benzene rings is 2. The zero-order chi connectivity index (χ0) is 25.0. The van der Waals surface area contributed by atoms with Gasteiger partial charge in [0.05, 0.1) is 0 Å². The van der Waals surface area contributed by atoms with Crippen molar-refractivity contribution >= 4 is 12.2 Å². The second kappa shape index (κ2) is 13.1. The van der Waals surface area contributed by atoms with Gasteiger partial charge in [-0.05, 0) is 24.0 Å². The summed E-state index contributed by atoms with van der Waals surface area (Å²) in [6, 6.07) is 18.9. The molecule has 4 rings (SSSR count). The van der Waals surface area contributed by atoms with Crippen LogP contribution < -0.4 is 10.6 Å². The highest BCUT2D eigenvalue weighted by Gasteiger charge is 2.26. The highest BCUT2D eigenvalue weighted by Crippen LogP contribution is 2.23. The van der Waals surface area contributed by atoms with Gasteiger partial charge in [-0.1, -0.05) is 109 Å². The van der Waals surface area contributed by atoms with Crippen molar-refractivity contribution in [2.75, 3.05) is 0 Å². The Kier molecular flexibility index (Phi) is 9.14. The number of ether oxygens (including phenoxy) is 2. The Morgan fingerprint density at radius 3 is 1.33 bits per heavy atom. The summed E-state index contributed by atoms with van der Waals surface area (Å²) in [5.74, 6) is 0.129. The van der Waals surface area contributed by atoms with Gasteiger partial charge in [0.25, 0.3) is 0 Å². The van der Waals surface area contributed by atoms with Crippen LogP contribution >= 0.6 is 0 Å². The summed E-state index contributed by atoms with van der Waals surface area (Å²) < 4.78 is 10.9. The summed E-state index contributed by atoms with van der Waals surface area (Å²) in [5.41, 5.74) is 1.87. The third-order valence-corrected chi connectivity index (χ3v) is 6.31. The lowest BCUT2D eigenvalue weighted by Gasteiger charge is -2.27. The standard InChI is InChI=1S/C30H32N2O4/c33-29(35-21-23-11-3-1-4-12-23)31-27(25-15-7-8-16-25)19-20-28(26-17-9-10-18-26)32-30(34)36-22-24-13-5-2-6-14-24/h1-18,25-28H,19-22H2,(H,31,33)(H,32,34)/t27-,28-/m0/s1. The minimum atomic E-state index is -0.454. The Balaban J connectivity index is 1.33. The van der Waals surface area contributed by atoms with E-state index in [0.29, 0.717) is 12.8 Å². The summed E-state index contributed by atoms with van der Waals surface area (Å²) in [7, 11) is 0. The van der Waals surface area contributed by atoms with E-state index in [9.17, 15) is 9.59 Å². The molecule has 0 fully saturated rings. The van der Waals surface area contributed by atoms with Crippen LogP contribution in [0.2, 0.25) is 0 Å². The molecule has 0 bridgehead atoms. The maximum atomic E-state index is 12.6. The molecule has 0 unspecified atom stereocenters. The fraction of sp³-hybridized carbons (Fsp3) is 0.267. The molecule has 2 aromatic rings.